The van der Waals surface area contributed by atoms with Crippen LogP contribution < -0.4 is 11.1 Å². The van der Waals surface area contributed by atoms with E-state index in [0.29, 0.717) is 0 Å². The topological polar surface area (TPSA) is 55.1 Å². The largest absolute Gasteiger partial charge is 0.370 e. The van der Waals surface area contributed by atoms with Gasteiger partial charge in [-0.2, -0.15) is 0 Å². The minimum Gasteiger partial charge on any atom is -0.370 e. The summed E-state index contributed by atoms with van der Waals surface area (Å²) in [7, 11) is 0. The number of rotatable bonds is 6. The van der Waals surface area contributed by atoms with Gasteiger partial charge < -0.3 is 11.1 Å². The van der Waals surface area contributed by atoms with Crippen LogP contribution in [0.3, 0.4) is 0 Å². The van der Waals surface area contributed by atoms with E-state index >= 15 is 0 Å². The Kier molecular flexibility index (Phi) is 15.1. The number of benzene rings is 1. The van der Waals surface area contributed by atoms with E-state index in [1.807, 2.05) is 77.1 Å². The second kappa shape index (κ2) is 15.1. The van der Waals surface area contributed by atoms with E-state index < -0.39 is 11.9 Å². The average Bonchev–Trinajstić information content (AvgIpc) is 2.57. The van der Waals surface area contributed by atoms with Crippen molar-refractivity contribution in [2.24, 2.45) is 5.73 Å². The van der Waals surface area contributed by atoms with E-state index in [1.165, 1.54) is 0 Å². The molecule has 0 aromatic heterocycles. The molecule has 0 spiro atoms. The summed E-state index contributed by atoms with van der Waals surface area (Å²) in [6.45, 7) is 13.5. The standard InChI is InChI=1S/C15H18N2O.2C2H6/c1-3-8-13(9-4-2)17-14(15(16)18)12-10-6-5-7-11-12;2*1-2/h3-11,14,17H,1H2,2H3,(H2,16,18);2*1-2H3/b9-4-,13-8+;;. The molecule has 0 aliphatic carbocycles. The fourth-order valence-corrected chi connectivity index (χ4v) is 1.59. The van der Waals surface area contributed by atoms with Crippen LogP contribution >= 0.6 is 0 Å². The lowest BCUT2D eigenvalue weighted by atomic mass is 10.1. The van der Waals surface area contributed by atoms with Gasteiger partial charge in [0.1, 0.15) is 6.04 Å². The van der Waals surface area contributed by atoms with Crippen LogP contribution in [-0.2, 0) is 4.79 Å². The molecule has 0 aliphatic heterocycles. The maximum Gasteiger partial charge on any atom is 0.244 e. The molecule has 1 aromatic rings. The van der Waals surface area contributed by atoms with Crippen molar-refractivity contribution in [3.8, 4) is 0 Å². The number of carbonyl (C=O) groups excluding carboxylic acids is 1. The van der Waals surface area contributed by atoms with Gasteiger partial charge in [-0.25, -0.2) is 0 Å². The number of carbonyl (C=O) groups is 1. The second-order valence-corrected chi connectivity index (χ2v) is 3.75. The molecular formula is C19H30N2O. The predicted molar refractivity (Wildman–Crippen MR) is 97.3 cm³/mol. The van der Waals surface area contributed by atoms with Gasteiger partial charge in [0.2, 0.25) is 5.91 Å². The van der Waals surface area contributed by atoms with Gasteiger partial charge in [0, 0.05) is 5.70 Å². The fraction of sp³-hybridized carbons (Fsp3) is 0.316. The Morgan fingerprint density at radius 3 is 2.14 bits per heavy atom. The van der Waals surface area contributed by atoms with Crippen LogP contribution in [0.2, 0.25) is 0 Å². The molecule has 0 bridgehead atoms. The summed E-state index contributed by atoms with van der Waals surface area (Å²) in [4.78, 5) is 11.5. The molecule has 1 rings (SSSR count). The van der Waals surface area contributed by atoms with Crippen LogP contribution in [0.4, 0.5) is 0 Å². The molecule has 0 fully saturated rings. The minimum absolute atomic E-state index is 0.416. The molecule has 3 heteroatoms. The maximum atomic E-state index is 11.5. The predicted octanol–water partition coefficient (Wildman–Crippen LogP) is 4.50. The number of amides is 1. The SMILES string of the molecule is C=C/C=C(\C=C/C)NC(C(N)=O)c1ccccc1.CC.CC. The summed E-state index contributed by atoms with van der Waals surface area (Å²) in [6.07, 6.45) is 7.19. The third-order valence-corrected chi connectivity index (χ3v) is 2.37. The van der Waals surface area contributed by atoms with E-state index in [9.17, 15) is 4.79 Å². The molecule has 0 saturated heterocycles. The molecule has 0 saturated carbocycles. The van der Waals surface area contributed by atoms with Crippen molar-refractivity contribution < 1.29 is 4.79 Å². The number of allylic oxidation sites excluding steroid dienone is 4. The van der Waals surface area contributed by atoms with Gasteiger partial charge in [0.25, 0.3) is 0 Å². The Labute approximate surface area is 135 Å². The highest BCUT2D eigenvalue weighted by Crippen LogP contribution is 2.14. The van der Waals surface area contributed by atoms with Crippen molar-refractivity contribution in [3.63, 3.8) is 0 Å². The molecule has 0 radical (unpaired) electrons. The minimum atomic E-state index is -0.548. The normalized spacial score (nSPS) is 11.4. The molecule has 1 aromatic carbocycles. The zero-order valence-corrected chi connectivity index (χ0v) is 14.5. The first-order chi connectivity index (χ1) is 10.7. The van der Waals surface area contributed by atoms with E-state index in [0.717, 1.165) is 11.3 Å². The van der Waals surface area contributed by atoms with Crippen LogP contribution in [0.15, 0.2) is 66.9 Å². The molecule has 1 unspecified atom stereocenters. The van der Waals surface area contributed by atoms with Crippen LogP contribution in [0, 0.1) is 0 Å². The molecular weight excluding hydrogens is 272 g/mol. The van der Waals surface area contributed by atoms with Crippen molar-refractivity contribution in [3.05, 3.63) is 72.5 Å². The lowest BCUT2D eigenvalue weighted by molar-refractivity contribution is -0.119. The Morgan fingerprint density at radius 2 is 1.73 bits per heavy atom. The molecule has 1 atom stereocenters. The number of nitrogens with one attached hydrogen (secondary N) is 1. The van der Waals surface area contributed by atoms with Crippen LogP contribution in [0.5, 0.6) is 0 Å². The monoisotopic (exact) mass is 302 g/mol. The summed E-state index contributed by atoms with van der Waals surface area (Å²) < 4.78 is 0. The highest BCUT2D eigenvalue weighted by Gasteiger charge is 2.17. The second-order valence-electron chi connectivity index (χ2n) is 3.75. The number of nitrogens with two attached hydrogens (primary N) is 1. The first kappa shape index (κ1) is 22.0. The van der Waals surface area contributed by atoms with Gasteiger partial charge in [0.15, 0.2) is 0 Å². The molecule has 0 heterocycles. The highest BCUT2D eigenvalue weighted by atomic mass is 16.1. The summed E-state index contributed by atoms with van der Waals surface area (Å²) in [5.41, 5.74) is 7.06. The van der Waals surface area contributed by atoms with Crippen molar-refractivity contribution in [1.29, 1.82) is 0 Å². The Morgan fingerprint density at radius 1 is 1.18 bits per heavy atom. The first-order valence-corrected chi connectivity index (χ1v) is 7.75. The van der Waals surface area contributed by atoms with Crippen molar-refractivity contribution in [1.82, 2.24) is 5.32 Å². The zero-order chi connectivity index (χ0) is 17.4. The van der Waals surface area contributed by atoms with Gasteiger partial charge in [0.05, 0.1) is 0 Å². The zero-order valence-electron chi connectivity index (χ0n) is 14.5. The summed E-state index contributed by atoms with van der Waals surface area (Å²) in [6, 6.07) is 8.83. The van der Waals surface area contributed by atoms with Crippen LogP contribution in [0.1, 0.15) is 46.2 Å². The Balaban J connectivity index is 0. The number of hydrogen-bond acceptors (Lipinski definition) is 2. The molecule has 3 N–H and O–H groups in total. The quantitative estimate of drug-likeness (QED) is 0.760. The van der Waals surface area contributed by atoms with Gasteiger partial charge >= 0.3 is 0 Å². The molecule has 22 heavy (non-hydrogen) atoms. The van der Waals surface area contributed by atoms with Gasteiger partial charge in [-0.15, -0.1) is 0 Å². The molecule has 122 valence electrons. The third kappa shape index (κ3) is 8.80. The van der Waals surface area contributed by atoms with Gasteiger partial charge in [-0.1, -0.05) is 76.8 Å². The van der Waals surface area contributed by atoms with Crippen LogP contribution in [-0.4, -0.2) is 5.91 Å². The smallest absolute Gasteiger partial charge is 0.244 e. The van der Waals surface area contributed by atoms with E-state index in [4.69, 9.17) is 5.73 Å². The fourth-order valence-electron chi connectivity index (χ4n) is 1.59. The summed E-state index contributed by atoms with van der Waals surface area (Å²) in [5, 5.41) is 3.10. The lowest BCUT2D eigenvalue weighted by Crippen LogP contribution is -2.32. The molecule has 3 nitrogen and oxygen atoms in total. The van der Waals surface area contributed by atoms with Crippen molar-refractivity contribution in [2.45, 2.75) is 40.7 Å². The van der Waals surface area contributed by atoms with E-state index in [2.05, 4.69) is 11.9 Å². The molecule has 1 amide bonds. The van der Waals surface area contributed by atoms with Crippen LogP contribution in [0.25, 0.3) is 0 Å². The number of primary amides is 1. The Bertz CT molecular complexity index is 462. The lowest BCUT2D eigenvalue weighted by Gasteiger charge is -2.17. The van der Waals surface area contributed by atoms with E-state index in [1.54, 1.807) is 12.2 Å². The van der Waals surface area contributed by atoms with Crippen molar-refractivity contribution >= 4 is 5.91 Å². The first-order valence-electron chi connectivity index (χ1n) is 7.75. The maximum absolute atomic E-state index is 11.5. The highest BCUT2D eigenvalue weighted by molar-refractivity contribution is 5.81. The summed E-state index contributed by atoms with van der Waals surface area (Å²) >= 11 is 0. The summed E-state index contributed by atoms with van der Waals surface area (Å²) in [5.74, 6) is -0.416. The number of hydrogen-bond donors (Lipinski definition) is 2. The average molecular weight is 302 g/mol. The third-order valence-electron chi connectivity index (χ3n) is 2.37. The van der Waals surface area contributed by atoms with Crippen molar-refractivity contribution in [2.75, 3.05) is 0 Å². The Hall–Kier alpha value is -2.29. The van der Waals surface area contributed by atoms with E-state index in [-0.39, 0.29) is 0 Å². The van der Waals surface area contributed by atoms with Gasteiger partial charge in [-0.05, 0) is 24.6 Å². The van der Waals surface area contributed by atoms with Gasteiger partial charge in [-0.3, -0.25) is 4.79 Å². The molecule has 0 aliphatic rings.